The Morgan fingerprint density at radius 1 is 1.45 bits per heavy atom. The lowest BCUT2D eigenvalue weighted by atomic mass is 10.1. The zero-order valence-electron chi connectivity index (χ0n) is 6.21. The Balaban J connectivity index is 3.08. The van der Waals surface area contributed by atoms with Gasteiger partial charge in [-0.1, -0.05) is 0 Å². The summed E-state index contributed by atoms with van der Waals surface area (Å²) in [6, 6.07) is 3.56. The molecule has 0 aliphatic heterocycles. The van der Waals surface area contributed by atoms with Crippen molar-refractivity contribution in [3.8, 4) is 5.75 Å². The van der Waals surface area contributed by atoms with Crippen LogP contribution in [0.2, 0.25) is 0 Å². The molecule has 0 fully saturated rings. The summed E-state index contributed by atoms with van der Waals surface area (Å²) < 4.78 is 12.6. The molecule has 1 atom stereocenters. The molecule has 0 saturated carbocycles. The van der Waals surface area contributed by atoms with Crippen molar-refractivity contribution in [3.63, 3.8) is 0 Å². The van der Waals surface area contributed by atoms with Crippen molar-refractivity contribution in [2.45, 2.75) is 13.0 Å². The van der Waals surface area contributed by atoms with Crippen LogP contribution in [0.4, 0.5) is 4.39 Å². The summed E-state index contributed by atoms with van der Waals surface area (Å²) in [4.78, 5) is 0. The molecule has 60 valence electrons. The minimum atomic E-state index is -0.461. The molecular weight excluding hydrogens is 145 g/mol. The SMILES string of the molecule is C[C@@H](N)c1cc(O)cc(F)c1. The first-order valence-corrected chi connectivity index (χ1v) is 3.34. The highest BCUT2D eigenvalue weighted by Crippen LogP contribution is 2.18. The van der Waals surface area contributed by atoms with E-state index in [1.165, 1.54) is 12.1 Å². The summed E-state index contributed by atoms with van der Waals surface area (Å²) in [6.07, 6.45) is 0. The van der Waals surface area contributed by atoms with Crippen molar-refractivity contribution < 1.29 is 9.50 Å². The second kappa shape index (κ2) is 2.88. The summed E-state index contributed by atoms with van der Waals surface area (Å²) >= 11 is 0. The van der Waals surface area contributed by atoms with Crippen molar-refractivity contribution in [2.75, 3.05) is 0 Å². The second-order valence-electron chi connectivity index (χ2n) is 2.53. The third-order valence-electron chi connectivity index (χ3n) is 1.43. The second-order valence-corrected chi connectivity index (χ2v) is 2.53. The fraction of sp³-hybridized carbons (Fsp3) is 0.250. The van der Waals surface area contributed by atoms with E-state index in [-0.39, 0.29) is 11.8 Å². The van der Waals surface area contributed by atoms with Crippen molar-refractivity contribution in [1.82, 2.24) is 0 Å². The predicted molar refractivity (Wildman–Crippen MR) is 40.7 cm³/mol. The first-order valence-electron chi connectivity index (χ1n) is 3.34. The van der Waals surface area contributed by atoms with Crippen LogP contribution in [0.1, 0.15) is 18.5 Å². The summed E-state index contributed by atoms with van der Waals surface area (Å²) in [5.74, 6) is -0.547. The first kappa shape index (κ1) is 8.01. The molecule has 0 amide bonds. The molecule has 0 spiro atoms. The Bertz CT molecular complexity index is 240. The molecule has 3 heteroatoms. The van der Waals surface area contributed by atoms with Gasteiger partial charge in [0.2, 0.25) is 0 Å². The van der Waals surface area contributed by atoms with Gasteiger partial charge in [0, 0.05) is 12.1 Å². The highest BCUT2D eigenvalue weighted by molar-refractivity contribution is 5.29. The standard InChI is InChI=1S/C8H10FNO/c1-5(10)6-2-7(9)4-8(11)3-6/h2-5,11H,10H2,1H3/t5-/m1/s1. The quantitative estimate of drug-likeness (QED) is 0.646. The van der Waals surface area contributed by atoms with Gasteiger partial charge in [-0.05, 0) is 24.6 Å². The Kier molecular flexibility index (Phi) is 2.10. The van der Waals surface area contributed by atoms with Gasteiger partial charge in [0.1, 0.15) is 11.6 Å². The average molecular weight is 155 g/mol. The summed E-state index contributed by atoms with van der Waals surface area (Å²) in [7, 11) is 0. The maximum absolute atomic E-state index is 12.6. The topological polar surface area (TPSA) is 46.2 Å². The molecule has 1 aromatic rings. The first-order chi connectivity index (χ1) is 5.09. The van der Waals surface area contributed by atoms with Gasteiger partial charge in [0.05, 0.1) is 0 Å². The third-order valence-corrected chi connectivity index (χ3v) is 1.43. The summed E-state index contributed by atoms with van der Waals surface area (Å²) in [6.45, 7) is 1.73. The number of phenolic OH excluding ortho intramolecular Hbond substituents is 1. The van der Waals surface area contributed by atoms with Gasteiger partial charge in [-0.25, -0.2) is 4.39 Å². The molecule has 0 unspecified atom stereocenters. The van der Waals surface area contributed by atoms with Crippen LogP contribution in [0.3, 0.4) is 0 Å². The zero-order valence-corrected chi connectivity index (χ0v) is 6.21. The number of hydrogen-bond acceptors (Lipinski definition) is 2. The lowest BCUT2D eigenvalue weighted by Crippen LogP contribution is -2.04. The van der Waals surface area contributed by atoms with Crippen LogP contribution < -0.4 is 5.73 Å². The monoisotopic (exact) mass is 155 g/mol. The molecule has 11 heavy (non-hydrogen) atoms. The van der Waals surface area contributed by atoms with E-state index in [2.05, 4.69) is 0 Å². The minimum absolute atomic E-state index is 0.0858. The number of aromatic hydroxyl groups is 1. The van der Waals surface area contributed by atoms with Crippen LogP contribution >= 0.6 is 0 Å². The zero-order chi connectivity index (χ0) is 8.43. The summed E-state index contributed by atoms with van der Waals surface area (Å²) in [5, 5.41) is 8.95. The highest BCUT2D eigenvalue weighted by atomic mass is 19.1. The normalized spacial score (nSPS) is 13.0. The number of hydrogen-bond donors (Lipinski definition) is 2. The Morgan fingerprint density at radius 3 is 2.55 bits per heavy atom. The van der Waals surface area contributed by atoms with Crippen molar-refractivity contribution in [2.24, 2.45) is 5.73 Å². The molecule has 0 aliphatic rings. The maximum atomic E-state index is 12.6. The van der Waals surface area contributed by atoms with Gasteiger partial charge in [-0.15, -0.1) is 0 Å². The van der Waals surface area contributed by atoms with E-state index < -0.39 is 5.82 Å². The van der Waals surface area contributed by atoms with Gasteiger partial charge in [-0.2, -0.15) is 0 Å². The molecule has 1 aromatic carbocycles. The number of nitrogens with two attached hydrogens (primary N) is 1. The van der Waals surface area contributed by atoms with Crippen LogP contribution in [0.25, 0.3) is 0 Å². The number of benzene rings is 1. The van der Waals surface area contributed by atoms with E-state index in [9.17, 15) is 4.39 Å². The van der Waals surface area contributed by atoms with Crippen LogP contribution in [0.15, 0.2) is 18.2 Å². The predicted octanol–water partition coefficient (Wildman–Crippen LogP) is 1.55. The average Bonchev–Trinajstić information content (AvgIpc) is 1.85. The molecule has 0 bridgehead atoms. The molecule has 0 aromatic heterocycles. The molecule has 2 nitrogen and oxygen atoms in total. The van der Waals surface area contributed by atoms with E-state index >= 15 is 0 Å². The fourth-order valence-corrected chi connectivity index (χ4v) is 0.859. The van der Waals surface area contributed by atoms with Gasteiger partial charge in [0.25, 0.3) is 0 Å². The van der Waals surface area contributed by atoms with Crippen LogP contribution in [0, 0.1) is 5.82 Å². The molecule has 0 heterocycles. The van der Waals surface area contributed by atoms with E-state index in [4.69, 9.17) is 10.8 Å². The minimum Gasteiger partial charge on any atom is -0.508 e. The fourth-order valence-electron chi connectivity index (χ4n) is 0.859. The van der Waals surface area contributed by atoms with Crippen molar-refractivity contribution in [3.05, 3.63) is 29.6 Å². The smallest absolute Gasteiger partial charge is 0.127 e. The van der Waals surface area contributed by atoms with Crippen LogP contribution in [0.5, 0.6) is 5.75 Å². The highest BCUT2D eigenvalue weighted by Gasteiger charge is 2.02. The third kappa shape index (κ3) is 1.91. The van der Waals surface area contributed by atoms with E-state index in [0.29, 0.717) is 5.56 Å². The van der Waals surface area contributed by atoms with Crippen molar-refractivity contribution >= 4 is 0 Å². The Morgan fingerprint density at radius 2 is 2.09 bits per heavy atom. The van der Waals surface area contributed by atoms with Crippen molar-refractivity contribution in [1.29, 1.82) is 0 Å². The molecule has 0 radical (unpaired) electrons. The molecule has 1 rings (SSSR count). The number of halogens is 1. The lowest BCUT2D eigenvalue weighted by molar-refractivity contribution is 0.467. The maximum Gasteiger partial charge on any atom is 0.127 e. The van der Waals surface area contributed by atoms with E-state index in [1.54, 1.807) is 6.92 Å². The van der Waals surface area contributed by atoms with Gasteiger partial charge in [0.15, 0.2) is 0 Å². The molecule has 3 N–H and O–H groups in total. The van der Waals surface area contributed by atoms with Crippen LogP contribution in [-0.4, -0.2) is 5.11 Å². The van der Waals surface area contributed by atoms with E-state index in [1.807, 2.05) is 0 Å². The number of rotatable bonds is 1. The van der Waals surface area contributed by atoms with Gasteiger partial charge in [-0.3, -0.25) is 0 Å². The van der Waals surface area contributed by atoms with Crippen LogP contribution in [-0.2, 0) is 0 Å². The summed E-state index contributed by atoms with van der Waals surface area (Å²) in [5.41, 5.74) is 6.07. The van der Waals surface area contributed by atoms with Gasteiger partial charge < -0.3 is 10.8 Å². The number of phenols is 1. The van der Waals surface area contributed by atoms with E-state index in [0.717, 1.165) is 6.07 Å². The molecule has 0 aliphatic carbocycles. The van der Waals surface area contributed by atoms with Gasteiger partial charge >= 0.3 is 0 Å². The Hall–Kier alpha value is -1.09. The largest absolute Gasteiger partial charge is 0.508 e. The molecule has 0 saturated heterocycles. The lowest BCUT2D eigenvalue weighted by Gasteiger charge is -2.05. The molecular formula is C8H10FNO. The Labute approximate surface area is 64.5 Å².